The Bertz CT molecular complexity index is 1320. The van der Waals surface area contributed by atoms with Crippen molar-refractivity contribution in [3.05, 3.63) is 65.5 Å². The van der Waals surface area contributed by atoms with Gasteiger partial charge in [-0.1, -0.05) is 6.08 Å². The Morgan fingerprint density at radius 2 is 2.06 bits per heavy atom. The lowest BCUT2D eigenvalue weighted by molar-refractivity contribution is 0.0766. The summed E-state index contributed by atoms with van der Waals surface area (Å²) in [5.74, 6) is 1.30. The third-order valence-corrected chi connectivity index (χ3v) is 5.97. The molecule has 2 aromatic heterocycles. The molecule has 0 aliphatic carbocycles. The SMILES string of the molecule is CNc1ccc2cc(C(=O)N(CC3=NCCC=N3)Cc3ccc(C4=CCOCC4)nn3)ccc2n1. The molecule has 3 aromatic rings. The van der Waals surface area contributed by atoms with Gasteiger partial charge in [-0.2, -0.15) is 10.2 Å². The topological polar surface area (TPSA) is 105 Å². The van der Waals surface area contributed by atoms with Crippen molar-refractivity contribution in [1.29, 1.82) is 0 Å². The number of benzene rings is 1. The van der Waals surface area contributed by atoms with Crippen molar-refractivity contribution in [3.63, 3.8) is 0 Å². The van der Waals surface area contributed by atoms with Crippen LogP contribution in [0, 0.1) is 0 Å². The van der Waals surface area contributed by atoms with E-state index in [9.17, 15) is 4.79 Å². The molecule has 4 heterocycles. The summed E-state index contributed by atoms with van der Waals surface area (Å²) in [5.41, 5.74) is 4.09. The Kier molecular flexibility index (Phi) is 6.85. The van der Waals surface area contributed by atoms with Crippen LogP contribution in [0.4, 0.5) is 5.82 Å². The van der Waals surface area contributed by atoms with Crippen molar-refractivity contribution in [2.45, 2.75) is 19.4 Å². The highest BCUT2D eigenvalue weighted by Crippen LogP contribution is 2.21. The molecule has 0 radical (unpaired) electrons. The van der Waals surface area contributed by atoms with Gasteiger partial charge in [0.15, 0.2) is 0 Å². The average molecular weight is 470 g/mol. The van der Waals surface area contributed by atoms with Crippen molar-refractivity contribution in [2.75, 3.05) is 38.7 Å². The van der Waals surface area contributed by atoms with Crippen molar-refractivity contribution < 1.29 is 9.53 Å². The molecule has 178 valence electrons. The quantitative estimate of drug-likeness (QED) is 0.569. The molecular weight excluding hydrogens is 442 g/mol. The third-order valence-electron chi connectivity index (χ3n) is 5.97. The summed E-state index contributed by atoms with van der Waals surface area (Å²) in [6.45, 7) is 2.58. The first kappa shape index (κ1) is 22.8. The Balaban J connectivity index is 1.40. The Hall–Kier alpha value is -3.98. The van der Waals surface area contributed by atoms with Gasteiger partial charge in [-0.25, -0.2) is 9.98 Å². The maximum Gasteiger partial charge on any atom is 0.254 e. The van der Waals surface area contributed by atoms with Gasteiger partial charge in [0.25, 0.3) is 5.91 Å². The van der Waals surface area contributed by atoms with Crippen LogP contribution in [0.1, 0.15) is 34.6 Å². The van der Waals surface area contributed by atoms with E-state index in [4.69, 9.17) is 4.74 Å². The van der Waals surface area contributed by atoms with Crippen molar-refractivity contribution in [2.24, 2.45) is 9.98 Å². The van der Waals surface area contributed by atoms with Crippen LogP contribution in [0.2, 0.25) is 0 Å². The Labute approximate surface area is 203 Å². The number of amidine groups is 1. The predicted octanol–water partition coefficient (Wildman–Crippen LogP) is 3.39. The number of anilines is 1. The zero-order valence-corrected chi connectivity index (χ0v) is 19.6. The molecule has 9 heteroatoms. The van der Waals surface area contributed by atoms with Crippen LogP contribution in [0.25, 0.3) is 16.5 Å². The molecule has 9 nitrogen and oxygen atoms in total. The van der Waals surface area contributed by atoms with E-state index in [0.717, 1.165) is 40.8 Å². The highest BCUT2D eigenvalue weighted by atomic mass is 16.5. The zero-order valence-electron chi connectivity index (χ0n) is 19.6. The number of rotatable bonds is 7. The lowest BCUT2D eigenvalue weighted by Gasteiger charge is -2.23. The van der Waals surface area contributed by atoms with Gasteiger partial charge >= 0.3 is 0 Å². The van der Waals surface area contributed by atoms with Gasteiger partial charge in [-0.15, -0.1) is 0 Å². The largest absolute Gasteiger partial charge is 0.377 e. The summed E-state index contributed by atoms with van der Waals surface area (Å²) in [4.78, 5) is 28.8. The van der Waals surface area contributed by atoms with E-state index in [1.54, 1.807) is 4.90 Å². The number of hydrogen-bond donors (Lipinski definition) is 1. The van der Waals surface area contributed by atoms with E-state index in [2.05, 4.69) is 30.5 Å². The minimum atomic E-state index is -0.119. The number of carbonyl (C=O) groups excluding carboxylic acids is 1. The number of amides is 1. The normalized spacial score (nSPS) is 15.5. The summed E-state index contributed by atoms with van der Waals surface area (Å²) >= 11 is 0. The van der Waals surface area contributed by atoms with Crippen LogP contribution >= 0.6 is 0 Å². The summed E-state index contributed by atoms with van der Waals surface area (Å²) in [5, 5.41) is 12.8. The first-order valence-corrected chi connectivity index (χ1v) is 11.7. The number of hydrogen-bond acceptors (Lipinski definition) is 8. The molecule has 0 fully saturated rings. The van der Waals surface area contributed by atoms with Gasteiger partial charge in [-0.05, 0) is 54.5 Å². The lowest BCUT2D eigenvalue weighted by atomic mass is 10.1. The van der Waals surface area contributed by atoms with Crippen LogP contribution in [0.15, 0.2) is 58.5 Å². The molecule has 1 aromatic carbocycles. The van der Waals surface area contributed by atoms with Crippen LogP contribution < -0.4 is 5.32 Å². The maximum absolute atomic E-state index is 13.6. The molecule has 0 atom stereocenters. The van der Waals surface area contributed by atoms with Gasteiger partial charge in [-0.3, -0.25) is 9.79 Å². The molecule has 0 saturated carbocycles. The van der Waals surface area contributed by atoms with E-state index >= 15 is 0 Å². The molecule has 1 amide bonds. The second kappa shape index (κ2) is 10.5. The van der Waals surface area contributed by atoms with Gasteiger partial charge in [0.2, 0.25) is 0 Å². The average Bonchev–Trinajstić information content (AvgIpc) is 2.93. The predicted molar refractivity (Wildman–Crippen MR) is 137 cm³/mol. The van der Waals surface area contributed by atoms with Gasteiger partial charge in [0.1, 0.15) is 11.7 Å². The molecule has 2 aliphatic heterocycles. The fraction of sp³-hybridized carbons (Fsp3) is 0.308. The number of carbonyl (C=O) groups is 1. The standard InChI is InChI=1S/C26H27N7O2/c1-27-24-8-4-19-15-20(3-6-22(19)30-24)26(34)33(17-25-28-11-2-12-29-25)16-21-5-7-23(32-31-21)18-9-13-35-14-10-18/h3-9,11,15H,2,10,12-14,16-17H2,1H3,(H,27,30). The van der Waals surface area contributed by atoms with Crippen LogP contribution in [0.3, 0.4) is 0 Å². The number of ether oxygens (including phenoxy) is 1. The number of aromatic nitrogens is 3. The van der Waals surface area contributed by atoms with Crippen molar-refractivity contribution >= 4 is 40.3 Å². The minimum Gasteiger partial charge on any atom is -0.377 e. The van der Waals surface area contributed by atoms with Crippen LogP contribution in [-0.4, -0.2) is 71.4 Å². The van der Waals surface area contributed by atoms with E-state index in [1.807, 2.05) is 61.8 Å². The minimum absolute atomic E-state index is 0.119. The van der Waals surface area contributed by atoms with E-state index in [0.29, 0.717) is 49.9 Å². The van der Waals surface area contributed by atoms with E-state index in [1.165, 1.54) is 0 Å². The second-order valence-corrected chi connectivity index (χ2v) is 8.38. The number of nitrogens with zero attached hydrogens (tertiary/aromatic N) is 6. The highest BCUT2D eigenvalue weighted by molar-refractivity contribution is 6.01. The molecule has 5 rings (SSSR count). The van der Waals surface area contributed by atoms with Crippen LogP contribution in [-0.2, 0) is 11.3 Å². The van der Waals surface area contributed by atoms with Gasteiger partial charge < -0.3 is 15.0 Å². The summed E-state index contributed by atoms with van der Waals surface area (Å²) in [7, 11) is 1.83. The fourth-order valence-electron chi connectivity index (χ4n) is 4.07. The number of fused-ring (bicyclic) bond motifs is 1. The van der Waals surface area contributed by atoms with E-state index in [-0.39, 0.29) is 5.91 Å². The second-order valence-electron chi connectivity index (χ2n) is 8.38. The van der Waals surface area contributed by atoms with Crippen molar-refractivity contribution in [3.8, 4) is 0 Å². The number of nitrogens with one attached hydrogen (secondary N) is 1. The summed E-state index contributed by atoms with van der Waals surface area (Å²) in [6, 6.07) is 13.3. The Morgan fingerprint density at radius 1 is 1.11 bits per heavy atom. The first-order chi connectivity index (χ1) is 17.2. The molecule has 2 aliphatic rings. The van der Waals surface area contributed by atoms with Crippen LogP contribution in [0.5, 0.6) is 0 Å². The summed E-state index contributed by atoms with van der Waals surface area (Å²) < 4.78 is 5.38. The van der Waals surface area contributed by atoms with Gasteiger partial charge in [0, 0.05) is 37.2 Å². The van der Waals surface area contributed by atoms with E-state index < -0.39 is 0 Å². The summed E-state index contributed by atoms with van der Waals surface area (Å²) in [6.07, 6.45) is 5.53. The lowest BCUT2D eigenvalue weighted by Crippen LogP contribution is -2.35. The van der Waals surface area contributed by atoms with Crippen molar-refractivity contribution in [1.82, 2.24) is 20.1 Å². The molecule has 0 unspecified atom stereocenters. The molecule has 0 bridgehead atoms. The third kappa shape index (κ3) is 5.41. The fourth-order valence-corrected chi connectivity index (χ4v) is 4.07. The Morgan fingerprint density at radius 3 is 2.80 bits per heavy atom. The smallest absolute Gasteiger partial charge is 0.254 e. The van der Waals surface area contributed by atoms with Gasteiger partial charge in [0.05, 0.1) is 43.2 Å². The zero-order chi connectivity index (χ0) is 24.0. The first-order valence-electron chi connectivity index (χ1n) is 11.7. The number of pyridine rings is 1. The highest BCUT2D eigenvalue weighted by Gasteiger charge is 2.20. The molecule has 0 spiro atoms. The molecule has 0 saturated heterocycles. The monoisotopic (exact) mass is 469 g/mol. The maximum atomic E-state index is 13.6. The molecule has 35 heavy (non-hydrogen) atoms. The number of aliphatic imine (C=N–C) groups is 2. The molecule has 1 N–H and O–H groups in total. The molecular formula is C26H27N7O2.